The molecule has 4 heterocycles. The second-order valence-corrected chi connectivity index (χ2v) is 9.91. The molecule has 170 valence electrons. The van der Waals surface area contributed by atoms with Crippen molar-refractivity contribution in [1.82, 2.24) is 19.7 Å². The highest BCUT2D eigenvalue weighted by Gasteiger charge is 2.30. The summed E-state index contributed by atoms with van der Waals surface area (Å²) in [5, 5.41) is 0.499. The predicted molar refractivity (Wildman–Crippen MR) is 122 cm³/mol. The Morgan fingerprint density at radius 3 is 2.67 bits per heavy atom. The number of benzene rings is 1. The van der Waals surface area contributed by atoms with Crippen molar-refractivity contribution in [2.75, 3.05) is 20.3 Å². The number of rotatable bonds is 6. The molecule has 4 aromatic rings. The van der Waals surface area contributed by atoms with E-state index in [1.165, 1.54) is 30.6 Å². The van der Waals surface area contributed by atoms with Crippen molar-refractivity contribution in [2.45, 2.75) is 17.4 Å². The fourth-order valence-corrected chi connectivity index (χ4v) is 5.68. The fraction of sp³-hybridized carbons (Fsp3) is 0.227. The molecule has 0 saturated carbocycles. The van der Waals surface area contributed by atoms with Crippen LogP contribution in [0.3, 0.4) is 0 Å². The van der Waals surface area contributed by atoms with Gasteiger partial charge in [-0.25, -0.2) is 18.4 Å². The van der Waals surface area contributed by atoms with Gasteiger partial charge in [0.1, 0.15) is 32.8 Å². The fourth-order valence-electron chi connectivity index (χ4n) is 3.46. The number of fused-ring (bicyclic) bond motifs is 2. The summed E-state index contributed by atoms with van der Waals surface area (Å²) in [5.41, 5.74) is 1.07. The molecule has 1 atom stereocenters. The maximum absolute atomic E-state index is 13.5. The molecule has 0 radical (unpaired) electrons. The Kier molecular flexibility index (Phi) is 5.83. The molecule has 0 amide bonds. The van der Waals surface area contributed by atoms with Gasteiger partial charge in [0, 0.05) is 24.9 Å². The molecule has 0 aliphatic carbocycles. The average Bonchev–Trinajstić information content (AvgIpc) is 3.12. The molecule has 1 aromatic carbocycles. The van der Waals surface area contributed by atoms with E-state index in [0.717, 1.165) is 6.42 Å². The van der Waals surface area contributed by atoms with Gasteiger partial charge in [-0.15, -0.1) is 0 Å². The third-order valence-corrected chi connectivity index (χ3v) is 7.49. The van der Waals surface area contributed by atoms with E-state index >= 15 is 0 Å². The van der Waals surface area contributed by atoms with Gasteiger partial charge in [-0.3, -0.25) is 4.98 Å². The number of methoxy groups -OCH3 is 1. The van der Waals surface area contributed by atoms with Crippen molar-refractivity contribution >= 4 is 31.7 Å². The van der Waals surface area contributed by atoms with Gasteiger partial charge < -0.3 is 14.2 Å². The molecule has 11 heteroatoms. The number of aromatic nitrogens is 3. The van der Waals surface area contributed by atoms with Gasteiger partial charge in [-0.2, -0.15) is 4.72 Å². The van der Waals surface area contributed by atoms with E-state index in [9.17, 15) is 8.42 Å². The Morgan fingerprint density at radius 2 is 1.85 bits per heavy atom. The molecule has 3 aromatic heterocycles. The number of thiazole rings is 1. The molecule has 1 aliphatic rings. The van der Waals surface area contributed by atoms with Crippen molar-refractivity contribution in [1.29, 1.82) is 0 Å². The summed E-state index contributed by atoms with van der Waals surface area (Å²) in [6.45, 7) is 0.973. The highest BCUT2D eigenvalue weighted by Crippen LogP contribution is 2.35. The lowest BCUT2D eigenvalue weighted by Crippen LogP contribution is -2.30. The minimum atomic E-state index is -4.00. The maximum Gasteiger partial charge on any atom is 0.241 e. The topological polar surface area (TPSA) is 113 Å². The van der Waals surface area contributed by atoms with E-state index in [1.807, 2.05) is 6.07 Å². The van der Waals surface area contributed by atoms with Crippen molar-refractivity contribution in [3.8, 4) is 17.2 Å². The first kappa shape index (κ1) is 21.6. The standard InChI is InChI=1S/C22H20N4O5S2/c1-29-17-6-3-9-23-19(17)20(22-25-15-5-2-10-24-21(15)32-22)26-33(27,28)14-7-8-16-18(13-14)31-12-4-11-30-16/h2-3,5-10,13,20,26H,4,11-12H2,1H3/t20-/m1/s1. The van der Waals surface area contributed by atoms with Crippen LogP contribution in [0.25, 0.3) is 10.3 Å². The summed E-state index contributed by atoms with van der Waals surface area (Å²) in [5.74, 6) is 1.36. The zero-order chi connectivity index (χ0) is 22.8. The molecular formula is C22H20N4O5S2. The third kappa shape index (κ3) is 4.34. The average molecular weight is 485 g/mol. The zero-order valence-corrected chi connectivity index (χ0v) is 19.2. The van der Waals surface area contributed by atoms with Gasteiger partial charge in [0.2, 0.25) is 10.0 Å². The summed E-state index contributed by atoms with van der Waals surface area (Å²) in [4.78, 5) is 14.1. The Hall–Kier alpha value is -3.28. The second kappa shape index (κ2) is 8.93. The zero-order valence-electron chi connectivity index (χ0n) is 17.6. The quantitative estimate of drug-likeness (QED) is 0.444. The van der Waals surface area contributed by atoms with Crippen LogP contribution < -0.4 is 18.9 Å². The van der Waals surface area contributed by atoms with Gasteiger partial charge in [0.25, 0.3) is 0 Å². The lowest BCUT2D eigenvalue weighted by atomic mass is 10.2. The minimum absolute atomic E-state index is 0.0471. The first-order valence-electron chi connectivity index (χ1n) is 10.2. The number of hydrogen-bond donors (Lipinski definition) is 1. The maximum atomic E-state index is 13.5. The van der Waals surface area contributed by atoms with Crippen LogP contribution in [0.2, 0.25) is 0 Å². The van der Waals surface area contributed by atoms with Crippen molar-refractivity contribution in [3.63, 3.8) is 0 Å². The summed E-state index contributed by atoms with van der Waals surface area (Å²) >= 11 is 1.29. The number of nitrogens with zero attached hydrogens (tertiary/aromatic N) is 3. The van der Waals surface area contributed by atoms with E-state index in [0.29, 0.717) is 51.5 Å². The summed E-state index contributed by atoms with van der Waals surface area (Å²) in [7, 11) is -2.49. The van der Waals surface area contributed by atoms with Crippen LogP contribution >= 0.6 is 11.3 Å². The highest BCUT2D eigenvalue weighted by atomic mass is 32.2. The summed E-state index contributed by atoms with van der Waals surface area (Å²) in [6, 6.07) is 10.7. The van der Waals surface area contributed by atoms with Gasteiger partial charge in [-0.05, 0) is 36.4 Å². The van der Waals surface area contributed by atoms with E-state index in [4.69, 9.17) is 14.2 Å². The van der Waals surface area contributed by atoms with Gasteiger partial charge in [0.15, 0.2) is 11.5 Å². The number of nitrogens with one attached hydrogen (secondary N) is 1. The van der Waals surface area contributed by atoms with Crippen LogP contribution in [0.1, 0.15) is 23.2 Å². The lowest BCUT2D eigenvalue weighted by Gasteiger charge is -2.19. The van der Waals surface area contributed by atoms with Gasteiger partial charge >= 0.3 is 0 Å². The molecule has 1 N–H and O–H groups in total. The van der Waals surface area contributed by atoms with E-state index < -0.39 is 16.1 Å². The molecule has 5 rings (SSSR count). The molecule has 1 aliphatic heterocycles. The number of pyridine rings is 2. The Bertz CT molecular complexity index is 1370. The molecule has 0 bridgehead atoms. The van der Waals surface area contributed by atoms with Gasteiger partial charge in [-0.1, -0.05) is 11.3 Å². The first-order chi connectivity index (χ1) is 16.0. The Balaban J connectivity index is 1.57. The predicted octanol–water partition coefficient (Wildman–Crippen LogP) is 3.32. The van der Waals surface area contributed by atoms with Crippen LogP contribution in [0.5, 0.6) is 17.2 Å². The lowest BCUT2D eigenvalue weighted by molar-refractivity contribution is 0.297. The molecule has 0 spiro atoms. The van der Waals surface area contributed by atoms with Crippen LogP contribution in [0, 0.1) is 0 Å². The number of sulfonamides is 1. The molecule has 0 fully saturated rings. The van der Waals surface area contributed by atoms with Crippen LogP contribution in [-0.2, 0) is 10.0 Å². The largest absolute Gasteiger partial charge is 0.495 e. The summed E-state index contributed by atoms with van der Waals surface area (Å²) < 4.78 is 46.4. The summed E-state index contributed by atoms with van der Waals surface area (Å²) in [6.07, 6.45) is 3.98. The number of hydrogen-bond acceptors (Lipinski definition) is 9. The van der Waals surface area contributed by atoms with Crippen LogP contribution in [0.4, 0.5) is 0 Å². The monoisotopic (exact) mass is 484 g/mol. The second-order valence-electron chi connectivity index (χ2n) is 7.18. The van der Waals surface area contributed by atoms with Crippen molar-refractivity contribution < 1.29 is 22.6 Å². The van der Waals surface area contributed by atoms with E-state index in [2.05, 4.69) is 19.7 Å². The number of ether oxygens (including phenoxy) is 3. The van der Waals surface area contributed by atoms with Crippen molar-refractivity contribution in [2.24, 2.45) is 0 Å². The molecule has 0 unspecified atom stereocenters. The minimum Gasteiger partial charge on any atom is -0.495 e. The Morgan fingerprint density at radius 1 is 1.06 bits per heavy atom. The van der Waals surface area contributed by atoms with Crippen LogP contribution in [-0.4, -0.2) is 43.7 Å². The molecule has 0 saturated heterocycles. The third-order valence-electron chi connectivity index (χ3n) is 5.03. The highest BCUT2D eigenvalue weighted by molar-refractivity contribution is 7.89. The smallest absolute Gasteiger partial charge is 0.241 e. The van der Waals surface area contributed by atoms with Crippen LogP contribution in [0.15, 0.2) is 59.8 Å². The molecule has 33 heavy (non-hydrogen) atoms. The molecular weight excluding hydrogens is 464 g/mol. The first-order valence-corrected chi connectivity index (χ1v) is 12.5. The van der Waals surface area contributed by atoms with E-state index in [1.54, 1.807) is 36.7 Å². The van der Waals surface area contributed by atoms with Crippen molar-refractivity contribution in [3.05, 3.63) is 65.6 Å². The van der Waals surface area contributed by atoms with E-state index in [-0.39, 0.29) is 4.90 Å². The van der Waals surface area contributed by atoms with Gasteiger partial charge in [0.05, 0.1) is 25.2 Å². The molecule has 9 nitrogen and oxygen atoms in total. The Labute approximate surface area is 194 Å². The SMILES string of the molecule is COc1cccnc1[C@@H](NS(=O)(=O)c1ccc2c(c1)OCCCO2)c1nc2cccnc2s1. The normalized spacial score (nSPS) is 14.6.